The van der Waals surface area contributed by atoms with E-state index in [0.717, 1.165) is 44.9 Å². The number of nitrogens with one attached hydrogen (secondary N) is 3. The van der Waals surface area contributed by atoms with Gasteiger partial charge in [0.05, 0.1) is 28.7 Å². The summed E-state index contributed by atoms with van der Waals surface area (Å²) in [5.74, 6) is 0.441. The third kappa shape index (κ3) is 4.79. The molecule has 0 aliphatic carbocycles. The number of H-pyrrole nitrogens is 2. The Kier molecular flexibility index (Phi) is 6.42. The Morgan fingerprint density at radius 3 is 2.70 bits per heavy atom. The van der Waals surface area contributed by atoms with Crippen LogP contribution in [0.15, 0.2) is 73.9 Å². The summed E-state index contributed by atoms with van der Waals surface area (Å²) in [5, 5.41) is 11.1. The van der Waals surface area contributed by atoms with Crippen LogP contribution in [0.1, 0.15) is 30.9 Å². The average Bonchev–Trinajstić information content (AvgIpc) is 3.50. The van der Waals surface area contributed by atoms with E-state index in [9.17, 15) is 4.79 Å². The smallest absolute Gasteiger partial charge is 0.226 e. The highest BCUT2D eigenvalue weighted by molar-refractivity contribution is 5.94. The zero-order valence-electron chi connectivity index (χ0n) is 20.8. The second-order valence-electron chi connectivity index (χ2n) is 8.89. The fourth-order valence-corrected chi connectivity index (χ4v) is 3.96. The van der Waals surface area contributed by atoms with Crippen LogP contribution >= 0.6 is 0 Å². The Morgan fingerprint density at radius 2 is 1.95 bits per heavy atom. The van der Waals surface area contributed by atoms with Crippen LogP contribution in [0.3, 0.4) is 0 Å². The van der Waals surface area contributed by atoms with Crippen molar-refractivity contribution in [2.24, 2.45) is 5.92 Å². The van der Waals surface area contributed by atoms with Crippen LogP contribution < -0.4 is 5.32 Å². The van der Waals surface area contributed by atoms with Crippen LogP contribution in [0.2, 0.25) is 0 Å². The summed E-state index contributed by atoms with van der Waals surface area (Å²) in [4.78, 5) is 33.7. The molecule has 0 fully saturated rings. The van der Waals surface area contributed by atoms with Crippen molar-refractivity contribution in [3.05, 3.63) is 90.9 Å². The first-order valence-electron chi connectivity index (χ1n) is 11.9. The molecule has 0 aromatic carbocycles. The van der Waals surface area contributed by atoms with Gasteiger partial charge in [0.1, 0.15) is 5.69 Å². The second-order valence-corrected chi connectivity index (χ2v) is 8.89. The topological polar surface area (TPSA) is 125 Å². The van der Waals surface area contributed by atoms with E-state index in [2.05, 4.69) is 42.0 Å². The highest BCUT2D eigenvalue weighted by Gasteiger charge is 2.19. The van der Waals surface area contributed by atoms with Gasteiger partial charge in [-0.05, 0) is 31.2 Å². The molecule has 5 rings (SSSR count). The van der Waals surface area contributed by atoms with Crippen molar-refractivity contribution in [1.29, 1.82) is 0 Å². The minimum Gasteiger partial charge on any atom is -0.340 e. The molecule has 0 aliphatic rings. The van der Waals surface area contributed by atoms with Crippen LogP contribution in [-0.2, 0) is 4.79 Å². The highest BCUT2D eigenvalue weighted by Crippen LogP contribution is 2.31. The van der Waals surface area contributed by atoms with E-state index in [1.165, 1.54) is 0 Å². The number of anilines is 1. The highest BCUT2D eigenvalue weighted by atomic mass is 16.1. The number of pyridine rings is 3. The molecule has 3 N–H and O–H groups in total. The summed E-state index contributed by atoms with van der Waals surface area (Å²) in [6.45, 7) is 9.51. The number of fused-ring (bicyclic) bond motifs is 1. The van der Waals surface area contributed by atoms with Crippen LogP contribution in [-0.4, -0.2) is 41.0 Å². The zero-order valence-corrected chi connectivity index (χ0v) is 20.8. The molecule has 5 heterocycles. The van der Waals surface area contributed by atoms with E-state index in [4.69, 9.17) is 4.98 Å². The number of allylic oxidation sites excluding steroid dienone is 2. The van der Waals surface area contributed by atoms with Gasteiger partial charge in [-0.1, -0.05) is 38.6 Å². The molecule has 0 saturated carbocycles. The van der Waals surface area contributed by atoms with Crippen molar-refractivity contribution >= 4 is 28.2 Å². The van der Waals surface area contributed by atoms with Crippen LogP contribution in [0.4, 0.5) is 5.69 Å². The van der Waals surface area contributed by atoms with E-state index in [1.54, 1.807) is 30.9 Å². The Labute approximate surface area is 213 Å². The number of carbonyl (C=O) groups is 1. The van der Waals surface area contributed by atoms with Crippen molar-refractivity contribution in [3.8, 4) is 22.6 Å². The van der Waals surface area contributed by atoms with E-state index in [1.807, 2.05) is 57.2 Å². The lowest BCUT2D eigenvalue weighted by atomic mass is 10.1. The Bertz CT molecular complexity index is 1630. The molecule has 0 aliphatic heterocycles. The summed E-state index contributed by atoms with van der Waals surface area (Å²) < 4.78 is 0. The van der Waals surface area contributed by atoms with Crippen molar-refractivity contribution < 1.29 is 4.79 Å². The molecule has 0 atom stereocenters. The Hall–Kier alpha value is -4.92. The fraction of sp³-hybridized carbons (Fsp3) is 0.143. The van der Waals surface area contributed by atoms with E-state index in [0.29, 0.717) is 17.2 Å². The molecular formula is C28H26N8O. The van der Waals surface area contributed by atoms with Gasteiger partial charge in [-0.2, -0.15) is 5.10 Å². The quantitative estimate of drug-likeness (QED) is 0.265. The lowest BCUT2D eigenvalue weighted by Gasteiger charge is -2.09. The van der Waals surface area contributed by atoms with E-state index in [-0.39, 0.29) is 11.8 Å². The van der Waals surface area contributed by atoms with Gasteiger partial charge in [-0.15, -0.1) is 0 Å². The first kappa shape index (κ1) is 23.8. The number of imidazole rings is 1. The molecule has 0 saturated heterocycles. The van der Waals surface area contributed by atoms with Crippen LogP contribution in [0, 0.1) is 12.8 Å². The number of nitrogens with zero attached hydrogens (tertiary/aromatic N) is 5. The predicted molar refractivity (Wildman–Crippen MR) is 144 cm³/mol. The van der Waals surface area contributed by atoms with E-state index >= 15 is 0 Å². The summed E-state index contributed by atoms with van der Waals surface area (Å²) >= 11 is 0. The van der Waals surface area contributed by atoms with Crippen LogP contribution in [0.5, 0.6) is 0 Å². The van der Waals surface area contributed by atoms with Crippen molar-refractivity contribution in [2.75, 3.05) is 5.32 Å². The van der Waals surface area contributed by atoms with E-state index < -0.39 is 0 Å². The standard InChI is InChI=1S/C28H26N8O/c1-5-8-21(23-9-6-7-10-30-23)24-17(4)32-27(34-24)25-22-12-19(14-31-26(22)36-35-25)18-11-20(15-29-13-18)33-28(37)16(2)3/h5-16H,1H2,2-4H3,(H,32,34)(H,33,37)(H,31,35,36)/b21-8-. The maximum atomic E-state index is 12.1. The number of aromatic nitrogens is 7. The molecule has 37 heavy (non-hydrogen) atoms. The zero-order chi connectivity index (χ0) is 25.9. The van der Waals surface area contributed by atoms with Crippen molar-refractivity contribution in [3.63, 3.8) is 0 Å². The predicted octanol–water partition coefficient (Wildman–Crippen LogP) is 5.33. The molecule has 9 nitrogen and oxygen atoms in total. The normalized spacial score (nSPS) is 11.7. The lowest BCUT2D eigenvalue weighted by Crippen LogP contribution is -2.17. The van der Waals surface area contributed by atoms with Gasteiger partial charge < -0.3 is 10.3 Å². The molecule has 0 spiro atoms. The van der Waals surface area contributed by atoms with Gasteiger partial charge >= 0.3 is 0 Å². The molecule has 9 heteroatoms. The van der Waals surface area contributed by atoms with Gasteiger partial charge in [-0.3, -0.25) is 19.9 Å². The Balaban J connectivity index is 1.54. The monoisotopic (exact) mass is 490 g/mol. The third-order valence-corrected chi connectivity index (χ3v) is 5.88. The number of aryl methyl sites for hydroxylation is 1. The first-order chi connectivity index (χ1) is 17.9. The molecule has 184 valence electrons. The molecule has 1 amide bonds. The fourth-order valence-electron chi connectivity index (χ4n) is 3.96. The molecular weight excluding hydrogens is 464 g/mol. The van der Waals surface area contributed by atoms with Crippen LogP contribution in [0.25, 0.3) is 39.3 Å². The number of hydrogen-bond acceptors (Lipinski definition) is 6. The molecule has 0 radical (unpaired) electrons. The number of amides is 1. The number of carbonyl (C=O) groups excluding carboxylic acids is 1. The maximum absolute atomic E-state index is 12.1. The van der Waals surface area contributed by atoms with Gasteiger partial charge in [0.25, 0.3) is 0 Å². The summed E-state index contributed by atoms with van der Waals surface area (Å²) in [5.41, 5.74) is 6.91. The molecule has 5 aromatic rings. The first-order valence-corrected chi connectivity index (χ1v) is 11.9. The SMILES string of the molecule is C=C/C=C(/c1ccccn1)c1nc(-c2[nH]nc3ncc(-c4cncc(NC(=O)C(C)C)c4)cc23)[nH]c1C. The summed E-state index contributed by atoms with van der Waals surface area (Å²) in [6.07, 6.45) is 10.5. The molecule has 0 unspecified atom stereocenters. The number of rotatable bonds is 7. The Morgan fingerprint density at radius 1 is 1.11 bits per heavy atom. The average molecular weight is 491 g/mol. The minimum atomic E-state index is -0.128. The van der Waals surface area contributed by atoms with Gasteiger partial charge in [-0.25, -0.2) is 9.97 Å². The minimum absolute atomic E-state index is 0.0655. The van der Waals surface area contributed by atoms with Crippen molar-refractivity contribution in [2.45, 2.75) is 20.8 Å². The summed E-state index contributed by atoms with van der Waals surface area (Å²) in [7, 11) is 0. The summed E-state index contributed by atoms with van der Waals surface area (Å²) in [6, 6.07) is 9.63. The second kappa shape index (κ2) is 9.98. The molecule has 0 bridgehead atoms. The number of aromatic amines is 2. The van der Waals surface area contributed by atoms with Gasteiger partial charge in [0, 0.05) is 46.9 Å². The molecule has 5 aromatic heterocycles. The number of hydrogen-bond donors (Lipinski definition) is 3. The van der Waals surface area contributed by atoms with Crippen molar-refractivity contribution in [1.82, 2.24) is 35.1 Å². The van der Waals surface area contributed by atoms with Gasteiger partial charge in [0.15, 0.2) is 11.5 Å². The largest absolute Gasteiger partial charge is 0.340 e. The third-order valence-electron chi connectivity index (χ3n) is 5.88. The van der Waals surface area contributed by atoms with Gasteiger partial charge in [0.2, 0.25) is 5.91 Å². The lowest BCUT2D eigenvalue weighted by molar-refractivity contribution is -0.118. The maximum Gasteiger partial charge on any atom is 0.226 e.